The molecule has 0 aliphatic rings. The summed E-state index contributed by atoms with van der Waals surface area (Å²) in [7, 11) is 1.56. The number of esters is 1. The van der Waals surface area contributed by atoms with Gasteiger partial charge in [0.2, 0.25) is 0 Å². The molecule has 0 saturated carbocycles. The lowest BCUT2D eigenvalue weighted by Gasteiger charge is -2.21. The molecule has 0 aliphatic carbocycles. The standard InChI is InChI=1S/C23H25N3O4/c1-16(2)21(25-22(27)18-7-11-20(29-3)12-8-18)23(28)30-15-17-5-9-19(10-6-17)26-14-4-13-24-26/h4-14,16,21H,15H2,1-3H3,(H,25,27)/t21-/m0/s1. The number of ether oxygens (including phenoxy) is 2. The Hall–Kier alpha value is -3.61. The summed E-state index contributed by atoms with van der Waals surface area (Å²) >= 11 is 0. The largest absolute Gasteiger partial charge is 0.497 e. The molecule has 2 aromatic carbocycles. The van der Waals surface area contributed by atoms with Gasteiger partial charge in [0.25, 0.3) is 5.91 Å². The van der Waals surface area contributed by atoms with Crippen molar-refractivity contribution < 1.29 is 19.1 Å². The number of methoxy groups -OCH3 is 1. The first-order chi connectivity index (χ1) is 14.5. The van der Waals surface area contributed by atoms with Crippen LogP contribution in [0.25, 0.3) is 5.69 Å². The molecule has 0 radical (unpaired) electrons. The first kappa shape index (κ1) is 21.1. The van der Waals surface area contributed by atoms with Gasteiger partial charge in [0.05, 0.1) is 12.8 Å². The quantitative estimate of drug-likeness (QED) is 0.579. The Bertz CT molecular complexity index is 965. The highest BCUT2D eigenvalue weighted by molar-refractivity contribution is 5.96. The Kier molecular flexibility index (Phi) is 6.85. The second kappa shape index (κ2) is 9.73. The first-order valence-electron chi connectivity index (χ1n) is 9.68. The molecule has 3 aromatic rings. The Labute approximate surface area is 175 Å². The summed E-state index contributed by atoms with van der Waals surface area (Å²) in [5.74, 6) is -0.272. The Morgan fingerprint density at radius 2 is 1.77 bits per heavy atom. The van der Waals surface area contributed by atoms with Crippen molar-refractivity contribution in [2.75, 3.05) is 7.11 Å². The Morgan fingerprint density at radius 3 is 2.33 bits per heavy atom. The lowest BCUT2D eigenvalue weighted by atomic mass is 10.0. The molecule has 0 aliphatic heterocycles. The van der Waals surface area contributed by atoms with Crippen molar-refractivity contribution in [1.29, 1.82) is 0 Å². The molecule has 1 N–H and O–H groups in total. The maximum atomic E-state index is 12.6. The molecule has 156 valence electrons. The van der Waals surface area contributed by atoms with Crippen LogP contribution in [0.3, 0.4) is 0 Å². The van der Waals surface area contributed by atoms with Gasteiger partial charge >= 0.3 is 5.97 Å². The fourth-order valence-corrected chi connectivity index (χ4v) is 2.88. The minimum absolute atomic E-state index is 0.123. The maximum Gasteiger partial charge on any atom is 0.329 e. The zero-order valence-electron chi connectivity index (χ0n) is 17.2. The number of benzene rings is 2. The number of rotatable bonds is 8. The molecule has 3 rings (SSSR count). The third-order valence-electron chi connectivity index (χ3n) is 4.65. The van der Waals surface area contributed by atoms with E-state index in [1.165, 1.54) is 0 Å². The van der Waals surface area contributed by atoms with Crippen LogP contribution < -0.4 is 10.1 Å². The molecule has 1 aromatic heterocycles. The van der Waals surface area contributed by atoms with Crippen molar-refractivity contribution in [1.82, 2.24) is 15.1 Å². The first-order valence-corrected chi connectivity index (χ1v) is 9.68. The van der Waals surface area contributed by atoms with Crippen molar-refractivity contribution in [2.24, 2.45) is 5.92 Å². The minimum Gasteiger partial charge on any atom is -0.497 e. The Morgan fingerprint density at radius 1 is 1.07 bits per heavy atom. The zero-order chi connectivity index (χ0) is 21.5. The summed E-state index contributed by atoms with van der Waals surface area (Å²) in [5.41, 5.74) is 2.22. The van der Waals surface area contributed by atoms with E-state index in [1.807, 2.05) is 50.4 Å². The van der Waals surface area contributed by atoms with Crippen LogP contribution in [0.2, 0.25) is 0 Å². The zero-order valence-corrected chi connectivity index (χ0v) is 17.2. The van der Waals surface area contributed by atoms with Crippen LogP contribution in [-0.4, -0.2) is 34.8 Å². The van der Waals surface area contributed by atoms with Crippen LogP contribution in [-0.2, 0) is 16.1 Å². The molecule has 0 spiro atoms. The van der Waals surface area contributed by atoms with Crippen molar-refractivity contribution in [3.63, 3.8) is 0 Å². The second-order valence-corrected chi connectivity index (χ2v) is 7.15. The lowest BCUT2D eigenvalue weighted by Crippen LogP contribution is -2.45. The third kappa shape index (κ3) is 5.26. The highest BCUT2D eigenvalue weighted by Crippen LogP contribution is 2.14. The second-order valence-electron chi connectivity index (χ2n) is 7.15. The highest BCUT2D eigenvalue weighted by atomic mass is 16.5. The number of hydrogen-bond acceptors (Lipinski definition) is 5. The van der Waals surface area contributed by atoms with Gasteiger partial charge in [0.1, 0.15) is 18.4 Å². The predicted octanol–water partition coefficient (Wildman–Crippen LogP) is 3.38. The number of carbonyl (C=O) groups excluding carboxylic acids is 2. The number of nitrogens with one attached hydrogen (secondary N) is 1. The van der Waals surface area contributed by atoms with Crippen molar-refractivity contribution in [3.8, 4) is 11.4 Å². The molecule has 0 unspecified atom stereocenters. The monoisotopic (exact) mass is 407 g/mol. The third-order valence-corrected chi connectivity index (χ3v) is 4.65. The van der Waals surface area contributed by atoms with E-state index in [4.69, 9.17) is 9.47 Å². The van der Waals surface area contributed by atoms with Gasteiger partial charge in [-0.25, -0.2) is 9.48 Å². The molecular weight excluding hydrogens is 382 g/mol. The topological polar surface area (TPSA) is 82.5 Å². The molecule has 1 heterocycles. The van der Waals surface area contributed by atoms with Crippen LogP contribution in [0.5, 0.6) is 5.75 Å². The molecular formula is C23H25N3O4. The molecule has 0 bridgehead atoms. The van der Waals surface area contributed by atoms with Crippen molar-refractivity contribution in [3.05, 3.63) is 78.1 Å². The van der Waals surface area contributed by atoms with E-state index >= 15 is 0 Å². The summed E-state index contributed by atoms with van der Waals surface area (Å²) in [6.07, 6.45) is 3.57. The van der Waals surface area contributed by atoms with Crippen LogP contribution in [0.15, 0.2) is 67.0 Å². The molecule has 30 heavy (non-hydrogen) atoms. The van der Waals surface area contributed by atoms with E-state index < -0.39 is 12.0 Å². The van der Waals surface area contributed by atoms with Gasteiger partial charge in [-0.2, -0.15) is 5.10 Å². The summed E-state index contributed by atoms with van der Waals surface area (Å²) < 4.78 is 12.3. The lowest BCUT2D eigenvalue weighted by molar-refractivity contribution is -0.148. The molecule has 0 fully saturated rings. The van der Waals surface area contributed by atoms with Gasteiger partial charge in [0.15, 0.2) is 0 Å². The summed E-state index contributed by atoms with van der Waals surface area (Å²) in [6, 6.07) is 15.4. The van der Waals surface area contributed by atoms with E-state index in [-0.39, 0.29) is 18.4 Å². The van der Waals surface area contributed by atoms with E-state index in [1.54, 1.807) is 42.3 Å². The average Bonchev–Trinajstić information content (AvgIpc) is 3.31. The minimum atomic E-state index is -0.747. The van der Waals surface area contributed by atoms with Gasteiger partial charge in [-0.1, -0.05) is 26.0 Å². The van der Waals surface area contributed by atoms with Gasteiger partial charge in [-0.3, -0.25) is 4.79 Å². The maximum absolute atomic E-state index is 12.6. The predicted molar refractivity (Wildman–Crippen MR) is 112 cm³/mol. The molecule has 7 nitrogen and oxygen atoms in total. The van der Waals surface area contributed by atoms with Crippen LogP contribution in [0.4, 0.5) is 0 Å². The van der Waals surface area contributed by atoms with E-state index in [0.717, 1.165) is 11.3 Å². The van der Waals surface area contributed by atoms with Crippen molar-refractivity contribution in [2.45, 2.75) is 26.5 Å². The summed E-state index contributed by atoms with van der Waals surface area (Å²) in [5, 5.41) is 6.95. The molecule has 0 saturated heterocycles. The summed E-state index contributed by atoms with van der Waals surface area (Å²) in [6.45, 7) is 3.85. The number of amides is 1. The van der Waals surface area contributed by atoms with Gasteiger partial charge in [-0.05, 0) is 53.9 Å². The Balaban J connectivity index is 1.59. The highest BCUT2D eigenvalue weighted by Gasteiger charge is 2.26. The SMILES string of the molecule is COc1ccc(C(=O)N[C@H](C(=O)OCc2ccc(-n3cccn3)cc2)C(C)C)cc1. The van der Waals surface area contributed by atoms with Crippen LogP contribution in [0.1, 0.15) is 29.8 Å². The number of carbonyl (C=O) groups is 2. The normalized spacial score (nSPS) is 11.7. The summed E-state index contributed by atoms with van der Waals surface area (Å²) in [4.78, 5) is 25.1. The van der Waals surface area contributed by atoms with Crippen molar-refractivity contribution >= 4 is 11.9 Å². The van der Waals surface area contributed by atoms with E-state index in [9.17, 15) is 9.59 Å². The molecule has 1 amide bonds. The molecule has 7 heteroatoms. The number of nitrogens with zero attached hydrogens (tertiary/aromatic N) is 2. The van der Waals surface area contributed by atoms with Gasteiger partial charge in [0, 0.05) is 18.0 Å². The number of hydrogen-bond donors (Lipinski definition) is 1. The van der Waals surface area contributed by atoms with E-state index in [0.29, 0.717) is 11.3 Å². The smallest absolute Gasteiger partial charge is 0.329 e. The van der Waals surface area contributed by atoms with E-state index in [2.05, 4.69) is 10.4 Å². The average molecular weight is 407 g/mol. The molecule has 1 atom stereocenters. The van der Waals surface area contributed by atoms with Crippen LogP contribution in [0, 0.1) is 5.92 Å². The van der Waals surface area contributed by atoms with Gasteiger partial charge < -0.3 is 14.8 Å². The fraction of sp³-hybridized carbons (Fsp3) is 0.261. The fourth-order valence-electron chi connectivity index (χ4n) is 2.88. The van der Waals surface area contributed by atoms with Crippen LogP contribution >= 0.6 is 0 Å². The number of aromatic nitrogens is 2. The van der Waals surface area contributed by atoms with Gasteiger partial charge in [-0.15, -0.1) is 0 Å².